The van der Waals surface area contributed by atoms with E-state index in [0.29, 0.717) is 17.2 Å². The number of hydrogen-bond donors (Lipinski definition) is 1. The van der Waals surface area contributed by atoms with E-state index in [2.05, 4.69) is 15.3 Å². The number of anilines is 1. The van der Waals surface area contributed by atoms with Crippen molar-refractivity contribution in [1.29, 1.82) is 0 Å². The van der Waals surface area contributed by atoms with Crippen LogP contribution in [0, 0.1) is 5.82 Å². The molecule has 0 fully saturated rings. The van der Waals surface area contributed by atoms with Gasteiger partial charge in [-0.25, -0.2) is 14.4 Å². The minimum absolute atomic E-state index is 0.0159. The molecule has 0 aliphatic rings. The molecule has 1 N–H and O–H groups in total. The molecule has 29 heavy (non-hydrogen) atoms. The molecule has 0 aliphatic heterocycles. The first kappa shape index (κ1) is 19.8. The van der Waals surface area contributed by atoms with E-state index in [1.54, 1.807) is 43.5 Å². The summed E-state index contributed by atoms with van der Waals surface area (Å²) in [6, 6.07) is 11.2. The Morgan fingerprint density at radius 3 is 2.41 bits per heavy atom. The number of carbonyl (C=O) groups excluding carboxylic acids is 1. The summed E-state index contributed by atoms with van der Waals surface area (Å²) >= 11 is 0. The largest absolute Gasteiger partial charge is 0.493 e. The fraction of sp³-hybridized carbons (Fsp3) is 0.0952. The molecule has 0 bridgehead atoms. The van der Waals surface area contributed by atoms with Gasteiger partial charge in [0.25, 0.3) is 0 Å². The number of benzene rings is 2. The van der Waals surface area contributed by atoms with E-state index in [1.807, 2.05) is 0 Å². The van der Waals surface area contributed by atoms with Crippen LogP contribution in [0.1, 0.15) is 5.56 Å². The molecule has 0 saturated heterocycles. The first-order valence-electron chi connectivity index (χ1n) is 8.54. The molecule has 3 aromatic rings. The first-order valence-corrected chi connectivity index (χ1v) is 8.54. The number of nitrogens with one attached hydrogen (secondary N) is 1. The van der Waals surface area contributed by atoms with Gasteiger partial charge in [0, 0.05) is 6.08 Å². The van der Waals surface area contributed by atoms with Gasteiger partial charge in [0.1, 0.15) is 0 Å². The Morgan fingerprint density at radius 2 is 1.72 bits per heavy atom. The maximum absolute atomic E-state index is 13.6. The van der Waals surface area contributed by atoms with Gasteiger partial charge in [-0.05, 0) is 35.9 Å². The Kier molecular flexibility index (Phi) is 6.36. The molecular formula is C21H18FN3O4. The second kappa shape index (κ2) is 9.32. The Labute approximate surface area is 166 Å². The van der Waals surface area contributed by atoms with E-state index < -0.39 is 5.82 Å². The van der Waals surface area contributed by atoms with Crippen molar-refractivity contribution in [3.05, 3.63) is 72.3 Å². The molecule has 3 rings (SSSR count). The van der Waals surface area contributed by atoms with Crippen LogP contribution in [-0.2, 0) is 4.79 Å². The quantitative estimate of drug-likeness (QED) is 0.607. The van der Waals surface area contributed by atoms with Gasteiger partial charge in [0.2, 0.25) is 5.91 Å². The number of carbonyl (C=O) groups is 1. The predicted molar refractivity (Wildman–Crippen MR) is 106 cm³/mol. The van der Waals surface area contributed by atoms with E-state index in [1.165, 1.54) is 37.7 Å². The monoisotopic (exact) mass is 395 g/mol. The summed E-state index contributed by atoms with van der Waals surface area (Å²) in [5.41, 5.74) is 1.13. The number of para-hydroxylation sites is 1. The third-order valence-electron chi connectivity index (χ3n) is 3.77. The van der Waals surface area contributed by atoms with Crippen LogP contribution in [-0.4, -0.2) is 30.1 Å². The second-order valence-electron chi connectivity index (χ2n) is 5.72. The Hall–Kier alpha value is -3.94. The molecule has 1 amide bonds. The maximum Gasteiger partial charge on any atom is 0.322 e. The molecule has 0 saturated carbocycles. The highest BCUT2D eigenvalue weighted by Gasteiger charge is 2.07. The molecule has 7 nitrogen and oxygen atoms in total. The molecule has 0 unspecified atom stereocenters. The minimum atomic E-state index is -0.520. The van der Waals surface area contributed by atoms with Crippen molar-refractivity contribution in [3.8, 4) is 23.3 Å². The molecule has 2 aromatic carbocycles. The highest BCUT2D eigenvalue weighted by Crippen LogP contribution is 2.28. The first-order chi connectivity index (χ1) is 14.1. The summed E-state index contributed by atoms with van der Waals surface area (Å²) in [7, 11) is 3.09. The average molecular weight is 395 g/mol. The van der Waals surface area contributed by atoms with Gasteiger partial charge in [0.15, 0.2) is 23.1 Å². The highest BCUT2D eigenvalue weighted by atomic mass is 19.1. The molecule has 1 heterocycles. The fourth-order valence-corrected chi connectivity index (χ4v) is 2.37. The molecule has 0 aliphatic carbocycles. The number of methoxy groups -OCH3 is 2. The van der Waals surface area contributed by atoms with Crippen LogP contribution in [0.3, 0.4) is 0 Å². The van der Waals surface area contributed by atoms with Crippen molar-refractivity contribution in [2.45, 2.75) is 0 Å². The van der Waals surface area contributed by atoms with Gasteiger partial charge in [-0.3, -0.25) is 4.79 Å². The maximum atomic E-state index is 13.6. The van der Waals surface area contributed by atoms with Gasteiger partial charge in [-0.2, -0.15) is 0 Å². The zero-order chi connectivity index (χ0) is 20.6. The summed E-state index contributed by atoms with van der Waals surface area (Å²) < 4.78 is 29.3. The number of aromatic nitrogens is 2. The van der Waals surface area contributed by atoms with Crippen LogP contribution in [0.5, 0.6) is 23.3 Å². The van der Waals surface area contributed by atoms with Crippen LogP contribution in [0.15, 0.2) is 60.9 Å². The fourth-order valence-electron chi connectivity index (χ4n) is 2.37. The van der Waals surface area contributed by atoms with Crippen LogP contribution in [0.2, 0.25) is 0 Å². The summed E-state index contributed by atoms with van der Waals surface area (Å²) in [6.45, 7) is 0. The molecule has 8 heteroatoms. The van der Waals surface area contributed by atoms with E-state index in [4.69, 9.17) is 14.2 Å². The topological polar surface area (TPSA) is 82.6 Å². The third-order valence-corrected chi connectivity index (χ3v) is 3.77. The zero-order valence-electron chi connectivity index (χ0n) is 15.8. The number of amides is 1. The van der Waals surface area contributed by atoms with Crippen LogP contribution < -0.4 is 19.5 Å². The van der Waals surface area contributed by atoms with Gasteiger partial charge >= 0.3 is 6.01 Å². The lowest BCUT2D eigenvalue weighted by Crippen LogP contribution is -2.08. The van der Waals surface area contributed by atoms with Crippen LogP contribution in [0.25, 0.3) is 6.08 Å². The van der Waals surface area contributed by atoms with Crippen molar-refractivity contribution in [3.63, 3.8) is 0 Å². The smallest absolute Gasteiger partial charge is 0.322 e. The van der Waals surface area contributed by atoms with Gasteiger partial charge < -0.3 is 19.5 Å². The number of halogens is 1. The Morgan fingerprint density at radius 1 is 1.00 bits per heavy atom. The van der Waals surface area contributed by atoms with E-state index in [0.717, 1.165) is 5.56 Å². The van der Waals surface area contributed by atoms with E-state index in [-0.39, 0.29) is 17.7 Å². The summed E-state index contributed by atoms with van der Waals surface area (Å²) in [4.78, 5) is 20.0. The van der Waals surface area contributed by atoms with Gasteiger partial charge in [-0.15, -0.1) is 0 Å². The molecule has 1 aromatic heterocycles. The molecule has 0 spiro atoms. The number of rotatable bonds is 7. The lowest BCUT2D eigenvalue weighted by molar-refractivity contribution is -0.111. The molecule has 0 atom stereocenters. The minimum Gasteiger partial charge on any atom is -0.493 e. The highest BCUT2D eigenvalue weighted by molar-refractivity contribution is 6.01. The number of hydrogen-bond acceptors (Lipinski definition) is 6. The summed E-state index contributed by atoms with van der Waals surface area (Å²) in [5.74, 6) is 0.292. The van der Waals surface area contributed by atoms with Crippen molar-refractivity contribution >= 4 is 17.7 Å². The standard InChI is InChI=1S/C21H18FN3O4/c1-27-18-9-7-14(11-19(18)28-2)8-10-20(26)25-15-12-23-21(24-13-15)29-17-6-4-3-5-16(17)22/h3-13H,1-2H3,(H,25,26)/b10-8+. The van der Waals surface area contributed by atoms with Crippen molar-refractivity contribution in [2.24, 2.45) is 0 Å². The van der Waals surface area contributed by atoms with E-state index >= 15 is 0 Å². The zero-order valence-corrected chi connectivity index (χ0v) is 15.8. The van der Waals surface area contributed by atoms with Gasteiger partial charge in [0.05, 0.1) is 32.3 Å². The number of nitrogens with zero attached hydrogens (tertiary/aromatic N) is 2. The second-order valence-corrected chi connectivity index (χ2v) is 5.72. The predicted octanol–water partition coefficient (Wildman–Crippen LogP) is 4.08. The van der Waals surface area contributed by atoms with Crippen molar-refractivity contribution < 1.29 is 23.4 Å². The van der Waals surface area contributed by atoms with Crippen LogP contribution in [0.4, 0.5) is 10.1 Å². The lowest BCUT2D eigenvalue weighted by Gasteiger charge is -2.07. The van der Waals surface area contributed by atoms with E-state index in [9.17, 15) is 9.18 Å². The van der Waals surface area contributed by atoms with Gasteiger partial charge in [-0.1, -0.05) is 18.2 Å². The molecular weight excluding hydrogens is 377 g/mol. The normalized spacial score (nSPS) is 10.6. The number of ether oxygens (including phenoxy) is 3. The lowest BCUT2D eigenvalue weighted by atomic mass is 10.2. The van der Waals surface area contributed by atoms with Crippen molar-refractivity contribution in [1.82, 2.24) is 9.97 Å². The SMILES string of the molecule is COc1ccc(/C=C/C(=O)Nc2cnc(Oc3ccccc3F)nc2)cc1OC. The molecule has 0 radical (unpaired) electrons. The third kappa shape index (κ3) is 5.29. The average Bonchev–Trinajstić information content (AvgIpc) is 2.75. The Balaban J connectivity index is 1.61. The summed E-state index contributed by atoms with van der Waals surface area (Å²) in [5, 5.41) is 2.63. The Bertz CT molecular complexity index is 1020. The molecule has 148 valence electrons. The summed E-state index contributed by atoms with van der Waals surface area (Å²) in [6.07, 6.45) is 5.73. The van der Waals surface area contributed by atoms with Crippen LogP contribution >= 0.6 is 0 Å². The van der Waals surface area contributed by atoms with Crippen molar-refractivity contribution in [2.75, 3.05) is 19.5 Å².